The lowest BCUT2D eigenvalue weighted by molar-refractivity contribution is -0.0635. The van der Waals surface area contributed by atoms with E-state index in [9.17, 15) is 5.11 Å². The predicted molar refractivity (Wildman–Crippen MR) is 76.5 cm³/mol. The van der Waals surface area contributed by atoms with Crippen molar-refractivity contribution in [1.82, 2.24) is 0 Å². The molecule has 0 aromatic heterocycles. The third-order valence-corrected chi connectivity index (χ3v) is 4.23. The van der Waals surface area contributed by atoms with E-state index in [0.717, 1.165) is 24.8 Å². The van der Waals surface area contributed by atoms with Gasteiger partial charge in [0.15, 0.2) is 0 Å². The zero-order valence-corrected chi connectivity index (χ0v) is 12.2. The average Bonchev–Trinajstić information content (AvgIpc) is 2.26. The molecule has 0 radical (unpaired) electrons. The Hall–Kier alpha value is -0.820. The summed E-state index contributed by atoms with van der Waals surface area (Å²) in [5.74, 6) is 0.587. The highest BCUT2D eigenvalue weighted by Gasteiger charge is 2.42. The fourth-order valence-corrected chi connectivity index (χ4v) is 3.83. The molecule has 1 N–H and O–H groups in total. The summed E-state index contributed by atoms with van der Waals surface area (Å²) in [5, 5.41) is 11.1. The van der Waals surface area contributed by atoms with Gasteiger partial charge in [0.2, 0.25) is 0 Å². The van der Waals surface area contributed by atoms with Crippen LogP contribution in [0.3, 0.4) is 0 Å². The monoisotopic (exact) mass is 246 g/mol. The Bertz CT molecular complexity index is 421. The van der Waals surface area contributed by atoms with Gasteiger partial charge in [0, 0.05) is 0 Å². The van der Waals surface area contributed by atoms with Crippen LogP contribution in [0.1, 0.15) is 58.1 Å². The molecule has 2 atom stereocenters. The van der Waals surface area contributed by atoms with Crippen LogP contribution in [-0.2, 0) is 12.0 Å². The predicted octanol–water partition coefficient (Wildman–Crippen LogP) is 4.28. The van der Waals surface area contributed by atoms with Gasteiger partial charge in [-0.15, -0.1) is 0 Å². The zero-order chi connectivity index (χ0) is 13.4. The second-order valence-electron chi connectivity index (χ2n) is 6.94. The SMILES string of the molecule is CCc1cccc(C2(O)CC(C)CC(C)(C)C2)c1. The van der Waals surface area contributed by atoms with Crippen molar-refractivity contribution < 1.29 is 5.11 Å². The van der Waals surface area contributed by atoms with Crippen LogP contribution in [0.25, 0.3) is 0 Å². The second kappa shape index (κ2) is 4.70. The molecule has 100 valence electrons. The maximum Gasteiger partial charge on any atom is 0.0904 e. The zero-order valence-electron chi connectivity index (χ0n) is 12.2. The van der Waals surface area contributed by atoms with E-state index in [1.165, 1.54) is 12.0 Å². The molecular weight excluding hydrogens is 220 g/mol. The summed E-state index contributed by atoms with van der Waals surface area (Å²) < 4.78 is 0. The van der Waals surface area contributed by atoms with Gasteiger partial charge in [-0.3, -0.25) is 0 Å². The minimum absolute atomic E-state index is 0.231. The first-order chi connectivity index (χ1) is 8.35. The van der Waals surface area contributed by atoms with Crippen LogP contribution in [0.5, 0.6) is 0 Å². The van der Waals surface area contributed by atoms with E-state index >= 15 is 0 Å². The van der Waals surface area contributed by atoms with Crippen LogP contribution >= 0.6 is 0 Å². The second-order valence-corrected chi connectivity index (χ2v) is 6.94. The topological polar surface area (TPSA) is 20.2 Å². The normalized spacial score (nSPS) is 31.3. The number of aryl methyl sites for hydroxylation is 1. The Morgan fingerprint density at radius 3 is 2.61 bits per heavy atom. The Kier molecular flexibility index (Phi) is 3.55. The van der Waals surface area contributed by atoms with Crippen LogP contribution in [0.15, 0.2) is 24.3 Å². The first-order valence-corrected chi connectivity index (χ1v) is 7.16. The van der Waals surface area contributed by atoms with Crippen molar-refractivity contribution in [3.63, 3.8) is 0 Å². The minimum atomic E-state index is -0.633. The first-order valence-electron chi connectivity index (χ1n) is 7.16. The van der Waals surface area contributed by atoms with Crippen molar-refractivity contribution in [2.45, 2.75) is 59.0 Å². The molecule has 0 aliphatic heterocycles. The van der Waals surface area contributed by atoms with Crippen molar-refractivity contribution in [2.24, 2.45) is 11.3 Å². The lowest BCUT2D eigenvalue weighted by Gasteiger charge is -2.45. The number of hydrogen-bond donors (Lipinski definition) is 1. The summed E-state index contributed by atoms with van der Waals surface area (Å²) in [5.41, 5.74) is 2.03. The lowest BCUT2D eigenvalue weighted by Crippen LogP contribution is -2.40. The number of hydrogen-bond acceptors (Lipinski definition) is 1. The summed E-state index contributed by atoms with van der Waals surface area (Å²) in [6, 6.07) is 8.50. The van der Waals surface area contributed by atoms with E-state index in [-0.39, 0.29) is 5.41 Å². The highest BCUT2D eigenvalue weighted by molar-refractivity contribution is 5.29. The Labute approximate surface area is 111 Å². The van der Waals surface area contributed by atoms with Crippen molar-refractivity contribution in [2.75, 3.05) is 0 Å². The summed E-state index contributed by atoms with van der Waals surface area (Å²) in [4.78, 5) is 0. The molecule has 0 saturated heterocycles. The van der Waals surface area contributed by atoms with Crippen LogP contribution in [0.2, 0.25) is 0 Å². The summed E-state index contributed by atoms with van der Waals surface area (Å²) in [6.07, 6.45) is 4.01. The third-order valence-electron chi connectivity index (χ3n) is 4.23. The van der Waals surface area contributed by atoms with E-state index < -0.39 is 5.60 Å². The highest BCUT2D eigenvalue weighted by Crippen LogP contribution is 2.48. The Balaban J connectivity index is 2.34. The molecule has 1 aromatic carbocycles. The average molecular weight is 246 g/mol. The number of rotatable bonds is 2. The van der Waals surface area contributed by atoms with Crippen LogP contribution in [-0.4, -0.2) is 5.11 Å². The van der Waals surface area contributed by atoms with E-state index in [1.54, 1.807) is 0 Å². The van der Waals surface area contributed by atoms with Crippen molar-refractivity contribution in [1.29, 1.82) is 0 Å². The van der Waals surface area contributed by atoms with Crippen LogP contribution in [0, 0.1) is 11.3 Å². The lowest BCUT2D eigenvalue weighted by atomic mass is 9.64. The Morgan fingerprint density at radius 1 is 1.28 bits per heavy atom. The Morgan fingerprint density at radius 2 is 2.00 bits per heavy atom. The van der Waals surface area contributed by atoms with E-state index in [0.29, 0.717) is 5.92 Å². The molecule has 0 heterocycles. The molecule has 1 nitrogen and oxygen atoms in total. The maximum absolute atomic E-state index is 11.1. The minimum Gasteiger partial charge on any atom is -0.385 e. The molecule has 0 bridgehead atoms. The molecule has 18 heavy (non-hydrogen) atoms. The van der Waals surface area contributed by atoms with Gasteiger partial charge in [0.1, 0.15) is 0 Å². The molecule has 1 fully saturated rings. The molecule has 2 rings (SSSR count). The molecule has 0 amide bonds. The largest absolute Gasteiger partial charge is 0.385 e. The summed E-state index contributed by atoms with van der Waals surface area (Å²) >= 11 is 0. The van der Waals surface area contributed by atoms with Gasteiger partial charge < -0.3 is 5.11 Å². The van der Waals surface area contributed by atoms with Crippen molar-refractivity contribution in [3.05, 3.63) is 35.4 Å². The fraction of sp³-hybridized carbons (Fsp3) is 0.647. The van der Waals surface area contributed by atoms with E-state index in [1.807, 2.05) is 0 Å². The number of aliphatic hydroxyl groups is 1. The van der Waals surface area contributed by atoms with Crippen molar-refractivity contribution in [3.8, 4) is 0 Å². The molecule has 0 spiro atoms. The molecule has 1 aliphatic carbocycles. The van der Waals surface area contributed by atoms with Gasteiger partial charge >= 0.3 is 0 Å². The molecule has 1 aromatic rings. The first kappa shape index (κ1) is 13.6. The van der Waals surface area contributed by atoms with Gasteiger partial charge in [0.25, 0.3) is 0 Å². The van der Waals surface area contributed by atoms with E-state index in [2.05, 4.69) is 52.0 Å². The van der Waals surface area contributed by atoms with Gasteiger partial charge in [-0.2, -0.15) is 0 Å². The summed E-state index contributed by atoms with van der Waals surface area (Å²) in [6.45, 7) is 8.97. The van der Waals surface area contributed by atoms with E-state index in [4.69, 9.17) is 0 Å². The third kappa shape index (κ3) is 2.77. The van der Waals surface area contributed by atoms with Gasteiger partial charge in [-0.1, -0.05) is 52.0 Å². The van der Waals surface area contributed by atoms with Gasteiger partial charge in [0.05, 0.1) is 5.60 Å². The number of benzene rings is 1. The van der Waals surface area contributed by atoms with Crippen LogP contribution in [0.4, 0.5) is 0 Å². The van der Waals surface area contributed by atoms with Gasteiger partial charge in [-0.05, 0) is 48.1 Å². The molecular formula is C17H26O. The highest BCUT2D eigenvalue weighted by atomic mass is 16.3. The van der Waals surface area contributed by atoms with Crippen LogP contribution < -0.4 is 0 Å². The molecule has 1 saturated carbocycles. The molecule has 1 heteroatoms. The maximum atomic E-state index is 11.1. The van der Waals surface area contributed by atoms with Gasteiger partial charge in [-0.25, -0.2) is 0 Å². The molecule has 1 aliphatic rings. The quantitative estimate of drug-likeness (QED) is 0.825. The smallest absolute Gasteiger partial charge is 0.0904 e. The van der Waals surface area contributed by atoms with Crippen molar-refractivity contribution >= 4 is 0 Å². The molecule has 2 unspecified atom stereocenters. The fourth-order valence-electron chi connectivity index (χ4n) is 3.83. The standard InChI is InChI=1S/C17H26O/c1-5-14-7-6-8-15(9-14)17(18)11-13(2)10-16(3,4)12-17/h6-9,13,18H,5,10-12H2,1-4H3. The summed E-state index contributed by atoms with van der Waals surface area (Å²) in [7, 11) is 0.